The van der Waals surface area contributed by atoms with Crippen molar-refractivity contribution in [1.82, 2.24) is 0 Å². The van der Waals surface area contributed by atoms with Crippen molar-refractivity contribution in [2.24, 2.45) is 5.73 Å². The van der Waals surface area contributed by atoms with E-state index in [9.17, 15) is 14.9 Å². The monoisotopic (exact) mass is 258 g/mol. The average molecular weight is 259 g/mol. The van der Waals surface area contributed by atoms with Crippen molar-refractivity contribution in [2.75, 3.05) is 7.11 Å². The van der Waals surface area contributed by atoms with Crippen LogP contribution in [0.5, 0.6) is 0 Å². The Kier molecular flexibility index (Phi) is 4.42. The first kappa shape index (κ1) is 13.4. The van der Waals surface area contributed by atoms with Crippen molar-refractivity contribution in [3.8, 4) is 0 Å². The number of esters is 1. The molecule has 2 atom stereocenters. The van der Waals surface area contributed by atoms with Crippen LogP contribution in [-0.2, 0) is 9.53 Å². The van der Waals surface area contributed by atoms with Crippen LogP contribution in [-0.4, -0.2) is 24.0 Å². The van der Waals surface area contributed by atoms with Crippen molar-refractivity contribution in [3.05, 3.63) is 39.9 Å². The molecule has 0 spiro atoms. The zero-order chi connectivity index (χ0) is 13.0. The maximum atomic E-state index is 11.2. The summed E-state index contributed by atoms with van der Waals surface area (Å²) in [6.07, 6.45) is 0. The standard InChI is InChI=1S/C10H11ClN2O4/c1-17-10(14)9(12)8(11)6-4-2-3-5-7(6)13(15)16/h2-5,8-9H,12H2,1H3/t8-,9-/m1/s1. The van der Waals surface area contributed by atoms with Crippen LogP contribution in [0.4, 0.5) is 5.69 Å². The molecule has 6 nitrogen and oxygen atoms in total. The van der Waals surface area contributed by atoms with Gasteiger partial charge < -0.3 is 10.5 Å². The fourth-order valence-corrected chi connectivity index (χ4v) is 1.62. The highest BCUT2D eigenvalue weighted by molar-refractivity contribution is 6.23. The molecule has 0 aromatic heterocycles. The fourth-order valence-electron chi connectivity index (χ4n) is 1.34. The molecule has 1 aromatic carbocycles. The Balaban J connectivity index is 3.07. The van der Waals surface area contributed by atoms with Gasteiger partial charge in [-0.3, -0.25) is 14.9 Å². The van der Waals surface area contributed by atoms with Gasteiger partial charge in [0.2, 0.25) is 0 Å². The van der Waals surface area contributed by atoms with Crippen molar-refractivity contribution >= 4 is 23.3 Å². The van der Waals surface area contributed by atoms with E-state index in [-0.39, 0.29) is 11.3 Å². The number of carbonyl (C=O) groups is 1. The highest BCUT2D eigenvalue weighted by atomic mass is 35.5. The Hall–Kier alpha value is -1.66. The number of hydrogen-bond donors (Lipinski definition) is 1. The molecular weight excluding hydrogens is 248 g/mol. The normalized spacial score (nSPS) is 13.8. The average Bonchev–Trinajstić information content (AvgIpc) is 2.35. The molecule has 0 aliphatic heterocycles. The number of carbonyl (C=O) groups excluding carboxylic acids is 1. The number of nitrogens with two attached hydrogens (primary N) is 1. The molecule has 0 amide bonds. The van der Waals surface area contributed by atoms with E-state index < -0.39 is 22.3 Å². The van der Waals surface area contributed by atoms with Gasteiger partial charge in [0.15, 0.2) is 0 Å². The first-order valence-corrected chi connectivity index (χ1v) is 5.13. The molecular formula is C10H11ClN2O4. The van der Waals surface area contributed by atoms with Crippen LogP contribution in [0.1, 0.15) is 10.9 Å². The number of nitro groups is 1. The van der Waals surface area contributed by atoms with E-state index in [2.05, 4.69) is 4.74 Å². The third-order valence-corrected chi connectivity index (χ3v) is 2.73. The molecule has 0 fully saturated rings. The highest BCUT2D eigenvalue weighted by Gasteiger charge is 2.29. The third-order valence-electron chi connectivity index (χ3n) is 2.22. The second kappa shape index (κ2) is 5.60. The molecule has 0 saturated heterocycles. The number of nitro benzene ring substituents is 1. The van der Waals surface area contributed by atoms with Gasteiger partial charge in [-0.15, -0.1) is 11.6 Å². The number of halogens is 1. The van der Waals surface area contributed by atoms with Crippen molar-refractivity contribution in [1.29, 1.82) is 0 Å². The van der Waals surface area contributed by atoms with Gasteiger partial charge in [0.25, 0.3) is 5.69 Å². The summed E-state index contributed by atoms with van der Waals surface area (Å²) in [7, 11) is 1.17. The molecule has 0 radical (unpaired) electrons. The van der Waals surface area contributed by atoms with E-state index in [1.54, 1.807) is 6.07 Å². The summed E-state index contributed by atoms with van der Waals surface area (Å²) in [6.45, 7) is 0. The molecule has 0 aliphatic carbocycles. The maximum absolute atomic E-state index is 11.2. The number of para-hydroxylation sites is 1. The second-order valence-electron chi connectivity index (χ2n) is 3.27. The van der Waals surface area contributed by atoms with E-state index in [1.807, 2.05) is 0 Å². The topological polar surface area (TPSA) is 95.5 Å². The second-order valence-corrected chi connectivity index (χ2v) is 3.74. The van der Waals surface area contributed by atoms with Crippen LogP contribution in [0.2, 0.25) is 0 Å². The summed E-state index contributed by atoms with van der Waals surface area (Å²) in [5.41, 5.74) is 5.56. The van der Waals surface area contributed by atoms with E-state index in [1.165, 1.54) is 25.3 Å². The van der Waals surface area contributed by atoms with Gasteiger partial charge in [-0.25, -0.2) is 0 Å². The van der Waals surface area contributed by atoms with Crippen LogP contribution >= 0.6 is 11.6 Å². The minimum Gasteiger partial charge on any atom is -0.468 e. The Morgan fingerprint density at radius 3 is 2.65 bits per heavy atom. The predicted molar refractivity (Wildman–Crippen MR) is 61.7 cm³/mol. The van der Waals surface area contributed by atoms with Gasteiger partial charge in [0.1, 0.15) is 6.04 Å². The molecule has 0 aliphatic rings. The number of benzene rings is 1. The van der Waals surface area contributed by atoms with E-state index in [0.717, 1.165) is 0 Å². The van der Waals surface area contributed by atoms with E-state index in [0.29, 0.717) is 0 Å². The summed E-state index contributed by atoms with van der Waals surface area (Å²) < 4.78 is 4.44. The highest BCUT2D eigenvalue weighted by Crippen LogP contribution is 2.31. The number of ether oxygens (including phenoxy) is 1. The fraction of sp³-hybridized carbons (Fsp3) is 0.300. The first-order valence-electron chi connectivity index (χ1n) is 4.69. The smallest absolute Gasteiger partial charge is 0.324 e. The van der Waals surface area contributed by atoms with Gasteiger partial charge in [0.05, 0.1) is 17.4 Å². The number of hydrogen-bond acceptors (Lipinski definition) is 5. The molecule has 17 heavy (non-hydrogen) atoms. The molecule has 7 heteroatoms. The Morgan fingerprint density at radius 1 is 1.53 bits per heavy atom. The Bertz CT molecular complexity index is 438. The molecule has 0 saturated carbocycles. The minimum atomic E-state index is -1.15. The minimum absolute atomic E-state index is 0.174. The number of methoxy groups -OCH3 is 1. The lowest BCUT2D eigenvalue weighted by Crippen LogP contribution is -2.35. The van der Waals surface area contributed by atoms with Crippen LogP contribution in [0, 0.1) is 10.1 Å². The maximum Gasteiger partial charge on any atom is 0.324 e. The van der Waals surface area contributed by atoms with Crippen molar-refractivity contribution in [2.45, 2.75) is 11.4 Å². The summed E-state index contributed by atoms with van der Waals surface area (Å²) in [5, 5.41) is 9.77. The number of rotatable bonds is 4. The van der Waals surface area contributed by atoms with Gasteiger partial charge >= 0.3 is 5.97 Å². The molecule has 1 aromatic rings. The summed E-state index contributed by atoms with van der Waals surface area (Å²) >= 11 is 5.95. The van der Waals surface area contributed by atoms with E-state index >= 15 is 0 Å². The summed E-state index contributed by atoms with van der Waals surface area (Å²) in [6, 6.07) is 4.70. The van der Waals surface area contributed by atoms with E-state index in [4.69, 9.17) is 17.3 Å². The molecule has 2 N–H and O–H groups in total. The van der Waals surface area contributed by atoms with Crippen LogP contribution < -0.4 is 5.73 Å². The van der Waals surface area contributed by atoms with Gasteiger partial charge in [0, 0.05) is 11.6 Å². The zero-order valence-electron chi connectivity index (χ0n) is 9.00. The molecule has 0 heterocycles. The summed E-state index contributed by atoms with van der Waals surface area (Å²) in [4.78, 5) is 21.4. The zero-order valence-corrected chi connectivity index (χ0v) is 9.76. The Labute approximate surface area is 102 Å². The van der Waals surface area contributed by atoms with Crippen LogP contribution in [0.25, 0.3) is 0 Å². The van der Waals surface area contributed by atoms with Gasteiger partial charge in [-0.05, 0) is 0 Å². The van der Waals surface area contributed by atoms with Crippen molar-refractivity contribution < 1.29 is 14.5 Å². The SMILES string of the molecule is COC(=O)[C@H](N)[C@H](Cl)c1ccccc1[N+](=O)[O-]. The molecule has 1 rings (SSSR count). The lowest BCUT2D eigenvalue weighted by molar-refractivity contribution is -0.385. The Morgan fingerprint density at radius 2 is 2.12 bits per heavy atom. The van der Waals surface area contributed by atoms with Crippen molar-refractivity contribution in [3.63, 3.8) is 0 Å². The van der Waals surface area contributed by atoms with Gasteiger partial charge in [-0.2, -0.15) is 0 Å². The third kappa shape index (κ3) is 2.92. The van der Waals surface area contributed by atoms with Crippen LogP contribution in [0.15, 0.2) is 24.3 Å². The number of alkyl halides is 1. The predicted octanol–water partition coefficient (Wildman–Crippen LogP) is 1.38. The van der Waals surface area contributed by atoms with Gasteiger partial charge in [-0.1, -0.05) is 18.2 Å². The first-order chi connectivity index (χ1) is 7.99. The lowest BCUT2D eigenvalue weighted by atomic mass is 10.0. The molecule has 92 valence electrons. The number of nitrogens with zero attached hydrogens (tertiary/aromatic N) is 1. The summed E-state index contributed by atoms with van der Waals surface area (Å²) in [5.74, 6) is -0.719. The van der Waals surface area contributed by atoms with Crippen LogP contribution in [0.3, 0.4) is 0 Å². The molecule has 0 bridgehead atoms. The largest absolute Gasteiger partial charge is 0.468 e. The quantitative estimate of drug-likeness (QED) is 0.381. The molecule has 0 unspecified atom stereocenters. The lowest BCUT2D eigenvalue weighted by Gasteiger charge is -2.15.